The number of amides is 1. The standard InChI is InChI=1S/C20H24N2O4S/c1-15-5-3-4-6-18(15)14-21-20(23)17-8-7-16(2)19(13-17)27(24,25)22-9-11-26-12-10-22/h3-8,13H,9-12,14H2,1-2H3,(H,21,23). The summed E-state index contributed by atoms with van der Waals surface area (Å²) in [5, 5.41) is 2.87. The Labute approximate surface area is 160 Å². The van der Waals surface area contributed by atoms with Gasteiger partial charge in [-0.3, -0.25) is 4.79 Å². The second-order valence-corrected chi connectivity index (χ2v) is 8.51. The van der Waals surface area contributed by atoms with E-state index in [9.17, 15) is 13.2 Å². The van der Waals surface area contributed by atoms with Crippen molar-refractivity contribution < 1.29 is 17.9 Å². The lowest BCUT2D eigenvalue weighted by atomic mass is 10.1. The van der Waals surface area contributed by atoms with Crippen LogP contribution in [0.25, 0.3) is 0 Å². The maximum Gasteiger partial charge on any atom is 0.251 e. The van der Waals surface area contributed by atoms with Crippen LogP contribution in [0.15, 0.2) is 47.4 Å². The number of morpholine rings is 1. The van der Waals surface area contributed by atoms with E-state index in [2.05, 4.69) is 5.32 Å². The van der Waals surface area contributed by atoms with Crippen molar-refractivity contribution in [2.75, 3.05) is 26.3 Å². The first kappa shape index (κ1) is 19.5. The van der Waals surface area contributed by atoms with Gasteiger partial charge in [-0.2, -0.15) is 4.31 Å². The van der Waals surface area contributed by atoms with E-state index in [1.54, 1.807) is 19.1 Å². The summed E-state index contributed by atoms with van der Waals surface area (Å²) in [5.41, 5.74) is 3.08. The molecular weight excluding hydrogens is 364 g/mol. The van der Waals surface area contributed by atoms with Crippen LogP contribution in [0.1, 0.15) is 27.0 Å². The Bertz CT molecular complexity index is 935. The number of sulfonamides is 1. The molecule has 27 heavy (non-hydrogen) atoms. The van der Waals surface area contributed by atoms with Crippen LogP contribution in [-0.4, -0.2) is 44.9 Å². The molecule has 1 saturated heterocycles. The summed E-state index contributed by atoms with van der Waals surface area (Å²) < 4.78 is 32.5. The Balaban J connectivity index is 1.80. The average molecular weight is 388 g/mol. The Morgan fingerprint density at radius 2 is 1.78 bits per heavy atom. The van der Waals surface area contributed by atoms with Gasteiger partial charge < -0.3 is 10.1 Å². The van der Waals surface area contributed by atoms with Crippen LogP contribution in [0.2, 0.25) is 0 Å². The lowest BCUT2D eigenvalue weighted by Crippen LogP contribution is -2.41. The zero-order valence-electron chi connectivity index (χ0n) is 15.6. The molecule has 0 atom stereocenters. The predicted molar refractivity (Wildman–Crippen MR) is 103 cm³/mol. The SMILES string of the molecule is Cc1ccccc1CNC(=O)c1ccc(C)c(S(=O)(=O)N2CCOCC2)c1. The molecule has 0 bridgehead atoms. The number of nitrogens with zero attached hydrogens (tertiary/aromatic N) is 1. The van der Waals surface area contributed by atoms with E-state index in [4.69, 9.17) is 4.74 Å². The maximum absolute atomic E-state index is 12.9. The molecule has 1 aliphatic rings. The normalized spacial score (nSPS) is 15.5. The molecule has 3 rings (SSSR count). The summed E-state index contributed by atoms with van der Waals surface area (Å²) in [6, 6.07) is 12.6. The highest BCUT2D eigenvalue weighted by atomic mass is 32.2. The minimum absolute atomic E-state index is 0.174. The number of hydrogen-bond donors (Lipinski definition) is 1. The van der Waals surface area contributed by atoms with Crippen molar-refractivity contribution in [2.45, 2.75) is 25.3 Å². The van der Waals surface area contributed by atoms with Crippen LogP contribution in [0.3, 0.4) is 0 Å². The van der Waals surface area contributed by atoms with Gasteiger partial charge in [-0.05, 0) is 42.7 Å². The first-order valence-corrected chi connectivity index (χ1v) is 10.3. The van der Waals surface area contributed by atoms with Gasteiger partial charge in [-0.1, -0.05) is 30.3 Å². The molecule has 1 amide bonds. The van der Waals surface area contributed by atoms with Crippen molar-refractivity contribution in [3.05, 3.63) is 64.7 Å². The van der Waals surface area contributed by atoms with Crippen LogP contribution < -0.4 is 5.32 Å². The number of aryl methyl sites for hydroxylation is 2. The van der Waals surface area contributed by atoms with E-state index >= 15 is 0 Å². The van der Waals surface area contributed by atoms with E-state index in [-0.39, 0.29) is 10.8 Å². The molecule has 2 aromatic carbocycles. The summed E-state index contributed by atoms with van der Waals surface area (Å²) in [7, 11) is -3.65. The zero-order chi connectivity index (χ0) is 19.4. The minimum Gasteiger partial charge on any atom is -0.379 e. The van der Waals surface area contributed by atoms with Crippen LogP contribution in [0, 0.1) is 13.8 Å². The van der Waals surface area contributed by atoms with Crippen molar-refractivity contribution >= 4 is 15.9 Å². The van der Waals surface area contributed by atoms with E-state index in [0.717, 1.165) is 11.1 Å². The molecule has 2 aromatic rings. The third kappa shape index (κ3) is 4.37. The maximum atomic E-state index is 12.9. The predicted octanol–water partition coefficient (Wildman–Crippen LogP) is 2.25. The third-order valence-corrected chi connectivity index (χ3v) is 6.78. The Morgan fingerprint density at radius 3 is 2.48 bits per heavy atom. The van der Waals surface area contributed by atoms with Gasteiger partial charge in [0, 0.05) is 25.2 Å². The lowest BCUT2D eigenvalue weighted by molar-refractivity contribution is 0.0730. The smallest absolute Gasteiger partial charge is 0.251 e. The molecule has 0 unspecified atom stereocenters. The van der Waals surface area contributed by atoms with Gasteiger partial charge in [0.2, 0.25) is 10.0 Å². The molecule has 0 aromatic heterocycles. The summed E-state index contributed by atoms with van der Waals surface area (Å²) >= 11 is 0. The summed E-state index contributed by atoms with van der Waals surface area (Å²) in [4.78, 5) is 12.7. The Morgan fingerprint density at radius 1 is 1.07 bits per heavy atom. The fourth-order valence-corrected chi connectivity index (χ4v) is 4.69. The molecule has 144 valence electrons. The number of ether oxygens (including phenoxy) is 1. The van der Waals surface area contributed by atoms with Gasteiger partial charge in [-0.15, -0.1) is 0 Å². The van der Waals surface area contributed by atoms with Crippen LogP contribution in [-0.2, 0) is 21.3 Å². The second-order valence-electron chi connectivity index (χ2n) is 6.61. The van der Waals surface area contributed by atoms with Crippen molar-refractivity contribution in [2.24, 2.45) is 0 Å². The van der Waals surface area contributed by atoms with E-state index in [1.807, 2.05) is 31.2 Å². The number of rotatable bonds is 5. The quantitative estimate of drug-likeness (QED) is 0.852. The highest BCUT2D eigenvalue weighted by Gasteiger charge is 2.28. The van der Waals surface area contributed by atoms with Crippen molar-refractivity contribution in [3.8, 4) is 0 Å². The number of carbonyl (C=O) groups is 1. The number of hydrogen-bond acceptors (Lipinski definition) is 4. The van der Waals surface area contributed by atoms with Gasteiger partial charge in [0.05, 0.1) is 18.1 Å². The average Bonchev–Trinajstić information content (AvgIpc) is 2.68. The number of benzene rings is 2. The van der Waals surface area contributed by atoms with Crippen LogP contribution in [0.4, 0.5) is 0 Å². The molecule has 6 nitrogen and oxygen atoms in total. The van der Waals surface area contributed by atoms with Gasteiger partial charge in [0.1, 0.15) is 0 Å². The fourth-order valence-electron chi connectivity index (χ4n) is 3.03. The van der Waals surface area contributed by atoms with Crippen molar-refractivity contribution in [1.82, 2.24) is 9.62 Å². The topological polar surface area (TPSA) is 75.7 Å². The van der Waals surface area contributed by atoms with E-state index in [0.29, 0.717) is 44.0 Å². The number of carbonyl (C=O) groups excluding carboxylic acids is 1. The Kier molecular flexibility index (Phi) is 5.94. The molecule has 0 aliphatic carbocycles. The molecule has 1 N–H and O–H groups in total. The minimum atomic E-state index is -3.65. The van der Waals surface area contributed by atoms with Gasteiger partial charge in [0.15, 0.2) is 0 Å². The first-order valence-electron chi connectivity index (χ1n) is 8.91. The Hall–Kier alpha value is -2.22. The number of nitrogens with one attached hydrogen (secondary N) is 1. The largest absolute Gasteiger partial charge is 0.379 e. The lowest BCUT2D eigenvalue weighted by Gasteiger charge is -2.26. The molecule has 1 fully saturated rings. The zero-order valence-corrected chi connectivity index (χ0v) is 16.4. The molecule has 0 saturated carbocycles. The van der Waals surface area contributed by atoms with E-state index < -0.39 is 10.0 Å². The molecular formula is C20H24N2O4S. The molecule has 7 heteroatoms. The van der Waals surface area contributed by atoms with Gasteiger partial charge in [-0.25, -0.2) is 8.42 Å². The highest BCUT2D eigenvalue weighted by molar-refractivity contribution is 7.89. The van der Waals surface area contributed by atoms with E-state index in [1.165, 1.54) is 10.4 Å². The van der Waals surface area contributed by atoms with Crippen molar-refractivity contribution in [3.63, 3.8) is 0 Å². The monoisotopic (exact) mass is 388 g/mol. The molecule has 0 spiro atoms. The third-order valence-electron chi connectivity index (χ3n) is 4.74. The summed E-state index contributed by atoms with van der Waals surface area (Å²) in [5.74, 6) is -0.295. The highest BCUT2D eigenvalue weighted by Crippen LogP contribution is 2.22. The van der Waals surface area contributed by atoms with Crippen molar-refractivity contribution in [1.29, 1.82) is 0 Å². The molecule has 1 aliphatic heterocycles. The van der Waals surface area contributed by atoms with Gasteiger partial charge >= 0.3 is 0 Å². The first-order chi connectivity index (χ1) is 12.9. The fraction of sp³-hybridized carbons (Fsp3) is 0.350. The molecule has 0 radical (unpaired) electrons. The van der Waals surface area contributed by atoms with Gasteiger partial charge in [0.25, 0.3) is 5.91 Å². The summed E-state index contributed by atoms with van der Waals surface area (Å²) in [6.45, 7) is 5.54. The summed E-state index contributed by atoms with van der Waals surface area (Å²) in [6.07, 6.45) is 0. The van der Waals surface area contributed by atoms with Crippen LogP contribution in [0.5, 0.6) is 0 Å². The second kappa shape index (κ2) is 8.21. The van der Waals surface area contributed by atoms with Crippen LogP contribution >= 0.6 is 0 Å². The molecule has 1 heterocycles.